The van der Waals surface area contributed by atoms with E-state index in [1.807, 2.05) is 0 Å². The van der Waals surface area contributed by atoms with Crippen molar-refractivity contribution in [2.24, 2.45) is 5.73 Å². The maximum atomic E-state index is 12.6. The van der Waals surface area contributed by atoms with Crippen molar-refractivity contribution in [2.75, 3.05) is 5.32 Å². The molecule has 3 N–H and O–H groups in total. The van der Waals surface area contributed by atoms with Gasteiger partial charge in [-0.2, -0.15) is 4.39 Å². The molecule has 0 fully saturated rings. The van der Waals surface area contributed by atoms with Gasteiger partial charge in [-0.25, -0.2) is 4.98 Å². The van der Waals surface area contributed by atoms with E-state index < -0.39 is 12.0 Å². The van der Waals surface area contributed by atoms with Crippen LogP contribution in [0.2, 0.25) is 0 Å². The Morgan fingerprint density at radius 3 is 3.00 bits per heavy atom. The van der Waals surface area contributed by atoms with Crippen LogP contribution in [0.3, 0.4) is 0 Å². The second-order valence-corrected chi connectivity index (χ2v) is 2.85. The summed E-state index contributed by atoms with van der Waals surface area (Å²) in [5, 5.41) is 2.42. The molecule has 0 aromatic carbocycles. The van der Waals surface area contributed by atoms with Gasteiger partial charge in [0.25, 0.3) is 0 Å². The van der Waals surface area contributed by atoms with Crippen molar-refractivity contribution in [3.8, 4) is 0 Å². The van der Waals surface area contributed by atoms with Gasteiger partial charge in [-0.15, -0.1) is 0 Å². The van der Waals surface area contributed by atoms with Crippen molar-refractivity contribution >= 4 is 11.7 Å². The molecule has 76 valence electrons. The average molecular weight is 197 g/mol. The minimum atomic E-state index is -0.632. The Morgan fingerprint density at radius 1 is 1.71 bits per heavy atom. The van der Waals surface area contributed by atoms with Gasteiger partial charge >= 0.3 is 0 Å². The molecule has 0 radical (unpaired) electrons. The van der Waals surface area contributed by atoms with Gasteiger partial charge in [0.1, 0.15) is 5.82 Å². The molecule has 1 aromatic rings. The van der Waals surface area contributed by atoms with Crippen molar-refractivity contribution in [3.05, 3.63) is 24.1 Å². The molecule has 1 aromatic heterocycles. The standard InChI is InChI=1S/C9H12FN3O/c1-2-6(11)9(14)13-8-5-3-4-7(10)12-8/h3-6H,2,11H2,1H3,(H,12,13,14)/t6-/m1/s1. The summed E-state index contributed by atoms with van der Waals surface area (Å²) < 4.78 is 12.6. The Labute approximate surface area is 81.3 Å². The van der Waals surface area contributed by atoms with Crippen LogP contribution in [-0.2, 0) is 4.79 Å². The zero-order valence-corrected chi connectivity index (χ0v) is 7.83. The number of nitrogens with zero attached hydrogens (tertiary/aromatic N) is 1. The van der Waals surface area contributed by atoms with E-state index in [0.717, 1.165) is 0 Å². The van der Waals surface area contributed by atoms with Crippen LogP contribution in [0.5, 0.6) is 0 Å². The molecule has 0 aliphatic heterocycles. The van der Waals surface area contributed by atoms with Crippen LogP contribution in [0.15, 0.2) is 18.2 Å². The predicted octanol–water partition coefficient (Wildman–Crippen LogP) is 0.896. The number of halogens is 1. The summed E-state index contributed by atoms with van der Waals surface area (Å²) in [6.07, 6.45) is 0.529. The fourth-order valence-corrected chi connectivity index (χ4v) is 0.882. The third-order valence-electron chi connectivity index (χ3n) is 1.74. The first-order valence-corrected chi connectivity index (χ1v) is 4.32. The molecule has 5 heteroatoms. The average Bonchev–Trinajstić information content (AvgIpc) is 2.16. The highest BCUT2D eigenvalue weighted by molar-refractivity contribution is 5.93. The lowest BCUT2D eigenvalue weighted by atomic mass is 10.2. The zero-order chi connectivity index (χ0) is 10.6. The topological polar surface area (TPSA) is 68.0 Å². The molecule has 0 spiro atoms. The van der Waals surface area contributed by atoms with Gasteiger partial charge in [0.15, 0.2) is 0 Å². The van der Waals surface area contributed by atoms with Crippen LogP contribution >= 0.6 is 0 Å². The van der Waals surface area contributed by atoms with Crippen LogP contribution in [0.1, 0.15) is 13.3 Å². The second-order valence-electron chi connectivity index (χ2n) is 2.85. The summed E-state index contributed by atoms with van der Waals surface area (Å²) in [6, 6.07) is 3.59. The van der Waals surface area contributed by atoms with Crippen molar-refractivity contribution in [3.63, 3.8) is 0 Å². The Morgan fingerprint density at radius 2 is 2.43 bits per heavy atom. The number of hydrogen-bond acceptors (Lipinski definition) is 3. The SMILES string of the molecule is CC[C@@H](N)C(=O)Nc1cccc(F)n1. The van der Waals surface area contributed by atoms with E-state index in [9.17, 15) is 9.18 Å². The monoisotopic (exact) mass is 197 g/mol. The highest BCUT2D eigenvalue weighted by atomic mass is 19.1. The van der Waals surface area contributed by atoms with E-state index in [2.05, 4.69) is 10.3 Å². The smallest absolute Gasteiger partial charge is 0.242 e. The number of aromatic nitrogens is 1. The Hall–Kier alpha value is -1.49. The second kappa shape index (κ2) is 4.66. The van der Waals surface area contributed by atoms with E-state index in [1.165, 1.54) is 18.2 Å². The summed E-state index contributed by atoms with van der Waals surface area (Å²) >= 11 is 0. The first-order valence-electron chi connectivity index (χ1n) is 4.32. The maximum absolute atomic E-state index is 12.6. The van der Waals surface area contributed by atoms with Crippen LogP contribution in [-0.4, -0.2) is 16.9 Å². The van der Waals surface area contributed by atoms with Crippen molar-refractivity contribution < 1.29 is 9.18 Å². The van der Waals surface area contributed by atoms with Gasteiger partial charge in [0.2, 0.25) is 11.9 Å². The highest BCUT2D eigenvalue weighted by Crippen LogP contribution is 2.04. The molecule has 0 aliphatic rings. The van der Waals surface area contributed by atoms with Crippen LogP contribution < -0.4 is 11.1 Å². The molecular formula is C9H12FN3O. The number of anilines is 1. The predicted molar refractivity (Wildman–Crippen MR) is 51.1 cm³/mol. The van der Waals surface area contributed by atoms with Gasteiger partial charge in [-0.3, -0.25) is 4.79 Å². The van der Waals surface area contributed by atoms with E-state index in [-0.39, 0.29) is 11.7 Å². The van der Waals surface area contributed by atoms with Crippen LogP contribution in [0.4, 0.5) is 10.2 Å². The molecule has 0 bridgehead atoms. The summed E-state index contributed by atoms with van der Waals surface area (Å²) in [4.78, 5) is 14.7. The minimum absolute atomic E-state index is 0.180. The van der Waals surface area contributed by atoms with E-state index in [1.54, 1.807) is 6.92 Å². The lowest BCUT2D eigenvalue weighted by Crippen LogP contribution is -2.35. The molecule has 1 rings (SSSR count). The number of carbonyl (C=O) groups is 1. The summed E-state index contributed by atoms with van der Waals surface area (Å²) in [5.74, 6) is -0.808. The van der Waals surface area contributed by atoms with E-state index in [0.29, 0.717) is 6.42 Å². The number of amides is 1. The first-order chi connectivity index (χ1) is 6.63. The van der Waals surface area contributed by atoms with Gasteiger partial charge in [-0.05, 0) is 18.6 Å². The van der Waals surface area contributed by atoms with Gasteiger partial charge in [0, 0.05) is 0 Å². The van der Waals surface area contributed by atoms with Crippen molar-refractivity contribution in [1.29, 1.82) is 0 Å². The van der Waals surface area contributed by atoms with Crippen LogP contribution in [0, 0.1) is 5.95 Å². The number of pyridine rings is 1. The largest absolute Gasteiger partial charge is 0.320 e. The molecule has 1 atom stereocenters. The third kappa shape index (κ3) is 2.77. The van der Waals surface area contributed by atoms with Gasteiger partial charge in [-0.1, -0.05) is 13.0 Å². The summed E-state index contributed by atoms with van der Waals surface area (Å²) in [7, 11) is 0. The number of rotatable bonds is 3. The quantitative estimate of drug-likeness (QED) is 0.707. The van der Waals surface area contributed by atoms with Crippen molar-refractivity contribution in [1.82, 2.24) is 4.98 Å². The van der Waals surface area contributed by atoms with Gasteiger partial charge < -0.3 is 11.1 Å². The molecular weight excluding hydrogens is 185 g/mol. The van der Waals surface area contributed by atoms with E-state index in [4.69, 9.17) is 5.73 Å². The fraction of sp³-hybridized carbons (Fsp3) is 0.333. The Kier molecular flexibility index (Phi) is 3.53. The van der Waals surface area contributed by atoms with Gasteiger partial charge in [0.05, 0.1) is 6.04 Å². The lowest BCUT2D eigenvalue weighted by Gasteiger charge is -2.08. The van der Waals surface area contributed by atoms with Crippen LogP contribution in [0.25, 0.3) is 0 Å². The number of carbonyl (C=O) groups excluding carboxylic acids is 1. The molecule has 1 amide bonds. The zero-order valence-electron chi connectivity index (χ0n) is 7.83. The minimum Gasteiger partial charge on any atom is -0.320 e. The molecule has 0 unspecified atom stereocenters. The Bertz CT molecular complexity index is 330. The Balaban J connectivity index is 2.65. The first kappa shape index (κ1) is 10.6. The fourth-order valence-electron chi connectivity index (χ4n) is 0.882. The highest BCUT2D eigenvalue weighted by Gasteiger charge is 2.11. The third-order valence-corrected chi connectivity index (χ3v) is 1.74. The number of hydrogen-bond donors (Lipinski definition) is 2. The normalized spacial score (nSPS) is 12.2. The maximum Gasteiger partial charge on any atom is 0.242 e. The number of nitrogens with one attached hydrogen (secondary N) is 1. The van der Waals surface area contributed by atoms with E-state index >= 15 is 0 Å². The lowest BCUT2D eigenvalue weighted by molar-refractivity contribution is -0.117. The molecule has 4 nitrogen and oxygen atoms in total. The molecule has 0 saturated carbocycles. The summed E-state index contributed by atoms with van der Waals surface area (Å²) in [6.45, 7) is 1.79. The molecule has 0 saturated heterocycles. The molecule has 0 aliphatic carbocycles. The van der Waals surface area contributed by atoms with Crippen molar-refractivity contribution in [2.45, 2.75) is 19.4 Å². The summed E-state index contributed by atoms with van der Waals surface area (Å²) in [5.41, 5.74) is 5.47. The molecule has 14 heavy (non-hydrogen) atoms. The number of nitrogens with two attached hydrogens (primary N) is 1. The molecule has 1 heterocycles.